The second kappa shape index (κ2) is 14.2. The number of carboxylic acids is 1. The second-order valence-electron chi connectivity index (χ2n) is 6.93. The smallest absolute Gasteiger partial charge is 0.328 e. The Morgan fingerprint density at radius 2 is 1.52 bits per heavy atom. The topological polar surface area (TPSA) is 260 Å². The Balaban J connectivity index is 5.26. The van der Waals surface area contributed by atoms with Crippen LogP contribution >= 0.6 is 0 Å². The number of nitrogens with one attached hydrogen (secondary N) is 3. The van der Waals surface area contributed by atoms with Crippen LogP contribution in [-0.4, -0.2) is 88.3 Å². The van der Waals surface area contributed by atoms with E-state index in [4.69, 9.17) is 27.4 Å². The van der Waals surface area contributed by atoms with Crippen LogP contribution in [0.4, 0.5) is 0 Å². The van der Waals surface area contributed by atoms with Crippen molar-refractivity contribution in [3.05, 3.63) is 0 Å². The van der Waals surface area contributed by atoms with Crippen molar-refractivity contribution in [3.8, 4) is 0 Å². The molecule has 0 aliphatic carbocycles. The minimum absolute atomic E-state index is 0.293. The number of hydrogen-bond donors (Lipinski definition) is 9. The summed E-state index contributed by atoms with van der Waals surface area (Å²) in [4.78, 5) is 59.2. The summed E-state index contributed by atoms with van der Waals surface area (Å²) in [6.45, 7) is 0.696. The third-order valence-corrected chi connectivity index (χ3v) is 4.20. The van der Waals surface area contributed by atoms with E-state index in [2.05, 4.69) is 10.6 Å². The molecule has 14 nitrogen and oxygen atoms in total. The van der Waals surface area contributed by atoms with Gasteiger partial charge in [-0.2, -0.15) is 0 Å². The summed E-state index contributed by atoms with van der Waals surface area (Å²) in [7, 11) is 0. The molecule has 0 heterocycles. The number of hydrogen-bond acceptors (Lipinski definition) is 9. The molecule has 0 rings (SSSR count). The first-order valence-electron chi connectivity index (χ1n) is 9.61. The molecular formula is C17H32N6O8. The van der Waals surface area contributed by atoms with Crippen LogP contribution in [0.1, 0.15) is 32.6 Å². The first-order chi connectivity index (χ1) is 14.4. The van der Waals surface area contributed by atoms with Crippen molar-refractivity contribution in [1.82, 2.24) is 16.0 Å². The molecule has 14 heteroatoms. The zero-order chi connectivity index (χ0) is 24.1. The van der Waals surface area contributed by atoms with Gasteiger partial charge in [-0.3, -0.25) is 19.2 Å². The Kier molecular flexibility index (Phi) is 12.9. The van der Waals surface area contributed by atoms with Gasteiger partial charge in [0, 0.05) is 0 Å². The lowest BCUT2D eigenvalue weighted by Gasteiger charge is -2.25. The fourth-order valence-corrected chi connectivity index (χ4v) is 2.43. The highest BCUT2D eigenvalue weighted by molar-refractivity contribution is 5.96. The number of carbonyl (C=O) groups is 5. The number of aliphatic hydroxyl groups excluding tert-OH is 2. The summed E-state index contributed by atoms with van der Waals surface area (Å²) < 4.78 is 0. The van der Waals surface area contributed by atoms with Crippen LogP contribution < -0.4 is 33.2 Å². The maximum Gasteiger partial charge on any atom is 0.328 e. The zero-order valence-corrected chi connectivity index (χ0v) is 17.2. The van der Waals surface area contributed by atoms with Gasteiger partial charge in [0.1, 0.15) is 18.1 Å². The predicted octanol–water partition coefficient (Wildman–Crippen LogP) is -4.77. The molecule has 5 atom stereocenters. The average Bonchev–Trinajstić information content (AvgIpc) is 2.68. The number of aliphatic carboxylic acids is 1. The normalized spacial score (nSPS) is 15.6. The molecule has 4 amide bonds. The van der Waals surface area contributed by atoms with Gasteiger partial charge in [-0.1, -0.05) is 6.42 Å². The maximum atomic E-state index is 12.5. The van der Waals surface area contributed by atoms with Crippen molar-refractivity contribution in [3.63, 3.8) is 0 Å². The highest BCUT2D eigenvalue weighted by Gasteiger charge is 2.32. The quantitative estimate of drug-likeness (QED) is 0.108. The summed E-state index contributed by atoms with van der Waals surface area (Å²) >= 11 is 0. The number of nitrogens with two attached hydrogens (primary N) is 3. The summed E-state index contributed by atoms with van der Waals surface area (Å²) in [6, 6.07) is -5.79. The molecule has 0 aliphatic heterocycles. The molecule has 0 aliphatic rings. The number of rotatable bonds is 15. The van der Waals surface area contributed by atoms with Crippen LogP contribution in [0.2, 0.25) is 0 Å². The minimum atomic E-state index is -1.68. The standard InChI is InChI=1S/C17H32N6O8/c1-8(25)13(23-14(27)9(19)4-2-3-5-18)16(29)21-10(6-12(20)26)15(28)22-11(7-24)17(30)31/h8-11,13,24-25H,2-7,18-19H2,1H3,(H2,20,26)(H,21,29)(H,22,28)(H,23,27)(H,30,31). The minimum Gasteiger partial charge on any atom is -0.480 e. The number of primary amides is 1. The molecule has 0 spiro atoms. The average molecular weight is 448 g/mol. The molecule has 178 valence electrons. The van der Waals surface area contributed by atoms with Crippen molar-refractivity contribution in [2.24, 2.45) is 17.2 Å². The molecule has 0 aromatic carbocycles. The summed E-state index contributed by atoms with van der Waals surface area (Å²) in [6.07, 6.45) is -0.582. The van der Waals surface area contributed by atoms with Crippen molar-refractivity contribution >= 4 is 29.6 Å². The van der Waals surface area contributed by atoms with E-state index >= 15 is 0 Å². The van der Waals surface area contributed by atoms with Gasteiger partial charge in [-0.15, -0.1) is 0 Å². The van der Waals surface area contributed by atoms with Gasteiger partial charge in [-0.05, 0) is 26.3 Å². The molecular weight excluding hydrogens is 416 g/mol. The number of amides is 4. The van der Waals surface area contributed by atoms with Crippen molar-refractivity contribution in [1.29, 1.82) is 0 Å². The Labute approximate surface area is 178 Å². The van der Waals surface area contributed by atoms with Gasteiger partial charge in [0.05, 0.1) is 25.2 Å². The van der Waals surface area contributed by atoms with Crippen LogP contribution in [-0.2, 0) is 24.0 Å². The molecule has 0 saturated carbocycles. The molecule has 5 unspecified atom stereocenters. The zero-order valence-electron chi connectivity index (χ0n) is 17.2. The highest BCUT2D eigenvalue weighted by Crippen LogP contribution is 2.02. The highest BCUT2D eigenvalue weighted by atomic mass is 16.4. The Hall–Kier alpha value is -2.81. The maximum absolute atomic E-state index is 12.5. The van der Waals surface area contributed by atoms with Crippen LogP contribution in [0.5, 0.6) is 0 Å². The van der Waals surface area contributed by atoms with Crippen LogP contribution in [0.3, 0.4) is 0 Å². The van der Waals surface area contributed by atoms with E-state index < -0.39 is 72.9 Å². The molecule has 31 heavy (non-hydrogen) atoms. The molecule has 0 aromatic rings. The van der Waals surface area contributed by atoms with Crippen molar-refractivity contribution in [2.45, 2.75) is 62.9 Å². The third-order valence-electron chi connectivity index (χ3n) is 4.20. The Morgan fingerprint density at radius 1 is 0.935 bits per heavy atom. The van der Waals surface area contributed by atoms with E-state index in [-0.39, 0.29) is 0 Å². The van der Waals surface area contributed by atoms with E-state index in [0.717, 1.165) is 0 Å². The molecule has 0 saturated heterocycles. The lowest BCUT2D eigenvalue weighted by Crippen LogP contribution is -2.60. The van der Waals surface area contributed by atoms with Gasteiger partial charge >= 0.3 is 5.97 Å². The number of unbranched alkanes of at least 4 members (excludes halogenated alkanes) is 1. The van der Waals surface area contributed by atoms with Gasteiger partial charge in [0.2, 0.25) is 23.6 Å². The first kappa shape index (κ1) is 28.2. The lowest BCUT2D eigenvalue weighted by atomic mass is 10.1. The van der Waals surface area contributed by atoms with E-state index in [1.807, 2.05) is 5.32 Å². The van der Waals surface area contributed by atoms with E-state index in [1.165, 1.54) is 6.92 Å². The van der Waals surface area contributed by atoms with Crippen molar-refractivity contribution in [2.75, 3.05) is 13.2 Å². The third kappa shape index (κ3) is 10.7. The van der Waals surface area contributed by atoms with Gasteiger partial charge in [0.25, 0.3) is 0 Å². The second-order valence-corrected chi connectivity index (χ2v) is 6.93. The van der Waals surface area contributed by atoms with E-state index in [1.54, 1.807) is 0 Å². The summed E-state index contributed by atoms with van der Waals surface area (Å²) in [5.74, 6) is -5.40. The Morgan fingerprint density at radius 3 is 1.97 bits per heavy atom. The number of aliphatic hydroxyl groups is 2. The summed E-state index contributed by atoms with van der Waals surface area (Å²) in [5, 5.41) is 34.1. The summed E-state index contributed by atoms with van der Waals surface area (Å²) in [5.41, 5.74) is 16.2. The number of carbonyl (C=O) groups excluding carboxylic acids is 4. The van der Waals surface area contributed by atoms with Gasteiger partial charge < -0.3 is 48.5 Å². The molecule has 12 N–H and O–H groups in total. The van der Waals surface area contributed by atoms with Crippen LogP contribution in [0.25, 0.3) is 0 Å². The SMILES string of the molecule is CC(O)C(NC(=O)C(N)CCCCN)C(=O)NC(CC(N)=O)C(=O)NC(CO)C(=O)O. The Bertz CT molecular complexity index is 644. The van der Waals surface area contributed by atoms with Gasteiger partial charge in [-0.25, -0.2) is 4.79 Å². The van der Waals surface area contributed by atoms with Gasteiger partial charge in [0.15, 0.2) is 0 Å². The monoisotopic (exact) mass is 448 g/mol. The van der Waals surface area contributed by atoms with Crippen molar-refractivity contribution < 1.29 is 39.3 Å². The predicted molar refractivity (Wildman–Crippen MR) is 107 cm³/mol. The fourth-order valence-electron chi connectivity index (χ4n) is 2.43. The largest absolute Gasteiger partial charge is 0.480 e. The molecule has 0 fully saturated rings. The van der Waals surface area contributed by atoms with E-state index in [9.17, 15) is 29.1 Å². The molecule has 0 aromatic heterocycles. The van der Waals surface area contributed by atoms with Crippen LogP contribution in [0.15, 0.2) is 0 Å². The molecule has 0 radical (unpaired) electrons. The van der Waals surface area contributed by atoms with E-state index in [0.29, 0.717) is 25.8 Å². The lowest BCUT2D eigenvalue weighted by molar-refractivity contribution is -0.143. The van der Waals surface area contributed by atoms with Crippen LogP contribution in [0, 0.1) is 0 Å². The fraction of sp³-hybridized carbons (Fsp3) is 0.706. The molecule has 0 bridgehead atoms. The number of carboxylic acid groups (broad SMARTS) is 1. The first-order valence-corrected chi connectivity index (χ1v) is 9.61.